The molecule has 2 amide bonds. The number of carboxylic acid groups (broad SMARTS) is 4. The van der Waals surface area contributed by atoms with Gasteiger partial charge in [-0.3, -0.25) is 58.5 Å². The Labute approximate surface area is 516 Å². The summed E-state index contributed by atoms with van der Waals surface area (Å²) in [4.78, 5) is 100. The topological polar surface area (TPSA) is 335 Å². The fourth-order valence-corrected chi connectivity index (χ4v) is 9.14. The van der Waals surface area contributed by atoms with Gasteiger partial charge in [0.1, 0.15) is 11.6 Å². The number of imidazole rings is 1. The number of H-pyrrole nitrogens is 1. The van der Waals surface area contributed by atoms with Crippen LogP contribution < -0.4 is 32.0 Å². The van der Waals surface area contributed by atoms with Crippen molar-refractivity contribution in [3.8, 4) is 11.1 Å². The summed E-state index contributed by atoms with van der Waals surface area (Å²) < 4.78 is 18.6. The number of aromatic amines is 1. The van der Waals surface area contributed by atoms with Crippen LogP contribution in [0, 0.1) is 36.9 Å². The maximum absolute atomic E-state index is 13.4. The standard InChI is InChI=1S/C57H78N12O14.Lu/c1-65-36-47(54(77)46-12-7-43(31-49(46)65)34-64-57-60-14-15-61-57)55(78)63-35-48(56(79)80)62-33-42-5-10-45(11-6-42)44-8-3-41(4-9-44)32-58-13-2-25-81-27-29-83-30-28-82-26-16-59-50(70)37-66-17-19-67(38-51(71)72)21-23-69(40-53(75)76)24-22-68(20-18-66)39-52(73)74;/h3-12,14-15,31,36,48,58,62H,2,13,16-30,32-35,37-40H2,1H3,(H,59,70)(H,63,78)(H,71,72)(H,73,74)(H,75,76)(H,79,80)(H2,60,61,64);/t48-;/m0./s1. The first-order valence-corrected chi connectivity index (χ1v) is 27.6. The number of nitrogens with one attached hydrogen (secondary N) is 6. The molecule has 1 radical (unpaired) electrons. The molecule has 0 spiro atoms. The van der Waals surface area contributed by atoms with E-state index in [9.17, 15) is 54.0 Å². The van der Waals surface area contributed by atoms with Gasteiger partial charge < -0.3 is 65.5 Å². The summed E-state index contributed by atoms with van der Waals surface area (Å²) in [6.07, 6.45) is 5.63. The van der Waals surface area contributed by atoms with Crippen LogP contribution in [0.15, 0.2) is 90.1 Å². The molecule has 1 saturated heterocycles. The van der Waals surface area contributed by atoms with E-state index in [1.165, 1.54) is 6.20 Å². The Morgan fingerprint density at radius 3 is 1.65 bits per heavy atom. The molecule has 3 aromatic carbocycles. The molecule has 84 heavy (non-hydrogen) atoms. The van der Waals surface area contributed by atoms with E-state index >= 15 is 0 Å². The molecule has 3 heterocycles. The van der Waals surface area contributed by atoms with Crippen molar-refractivity contribution in [1.82, 2.24) is 55.4 Å². The third-order valence-electron chi connectivity index (χ3n) is 13.7. The van der Waals surface area contributed by atoms with Crippen molar-refractivity contribution in [3.05, 3.63) is 118 Å². The van der Waals surface area contributed by atoms with Crippen LogP contribution in [-0.2, 0) is 64.9 Å². The monoisotopic (exact) mass is 1330 g/mol. The van der Waals surface area contributed by atoms with Gasteiger partial charge in [0.25, 0.3) is 5.91 Å². The molecule has 6 rings (SSSR count). The number of amides is 2. The van der Waals surface area contributed by atoms with E-state index in [0.29, 0.717) is 102 Å². The van der Waals surface area contributed by atoms with Gasteiger partial charge in [-0.1, -0.05) is 54.6 Å². The normalized spacial score (nSPS) is 14.4. The summed E-state index contributed by atoms with van der Waals surface area (Å²) in [6.45, 7) is 6.37. The van der Waals surface area contributed by atoms with Crippen molar-refractivity contribution in [2.24, 2.45) is 7.05 Å². The van der Waals surface area contributed by atoms with Gasteiger partial charge in [0.15, 0.2) is 5.95 Å². The number of hydrogen-bond acceptors (Lipinski definition) is 18. The van der Waals surface area contributed by atoms with Crippen molar-refractivity contribution >= 4 is 52.5 Å². The number of ether oxygens (including phenoxy) is 3. The van der Waals surface area contributed by atoms with Gasteiger partial charge in [-0.05, 0) is 52.9 Å². The van der Waals surface area contributed by atoms with Crippen molar-refractivity contribution in [2.75, 3.05) is 143 Å². The van der Waals surface area contributed by atoms with Crippen LogP contribution >= 0.6 is 0 Å². The minimum absolute atomic E-state index is 0. The number of anilines is 1. The zero-order chi connectivity index (χ0) is 59.3. The fraction of sp³-hybridized carbons (Fsp3) is 0.474. The number of fused-ring (bicyclic) bond motifs is 1. The van der Waals surface area contributed by atoms with Crippen molar-refractivity contribution < 1.29 is 100 Å². The second kappa shape index (κ2) is 37.1. The van der Waals surface area contributed by atoms with Crippen LogP contribution in [-0.4, -0.2) is 234 Å². The van der Waals surface area contributed by atoms with Crippen LogP contribution in [0.4, 0.5) is 5.95 Å². The maximum Gasteiger partial charge on any atom is 0.322 e. The van der Waals surface area contributed by atoms with E-state index < -0.39 is 41.3 Å². The second-order valence-electron chi connectivity index (χ2n) is 20.0. The SMILES string of the molecule is Cn1cc(C(=O)NC[C@H](NCc2ccc(-c3ccc(CNCCCOCCOCCOCCNC(=O)CN4CCN(CC(=O)O)CCN(CC(=O)O)CCN(CC(=O)O)CC4)cc3)cc2)C(=O)O)c(=O)c2ccc(CNc3ncc[nH]3)cc21.[Lu]. The Balaban J connectivity index is 0.0000129. The van der Waals surface area contributed by atoms with Crippen molar-refractivity contribution in [1.29, 1.82) is 0 Å². The number of benzene rings is 3. The number of aliphatic carboxylic acids is 4. The molecule has 0 aliphatic carbocycles. The first-order valence-electron chi connectivity index (χ1n) is 27.6. The molecule has 465 valence electrons. The number of carbonyl (C=O) groups excluding carboxylic acids is 2. The Morgan fingerprint density at radius 2 is 1.13 bits per heavy atom. The van der Waals surface area contributed by atoms with Gasteiger partial charge in [-0.25, -0.2) is 4.98 Å². The second-order valence-corrected chi connectivity index (χ2v) is 20.0. The molecule has 1 fully saturated rings. The largest absolute Gasteiger partial charge is 0.480 e. The Morgan fingerprint density at radius 1 is 0.619 bits per heavy atom. The summed E-state index contributed by atoms with van der Waals surface area (Å²) in [5, 5.41) is 53.6. The van der Waals surface area contributed by atoms with Crippen molar-refractivity contribution in [2.45, 2.75) is 32.1 Å². The van der Waals surface area contributed by atoms with E-state index in [0.717, 1.165) is 40.8 Å². The van der Waals surface area contributed by atoms with Gasteiger partial charge in [0.2, 0.25) is 11.3 Å². The van der Waals surface area contributed by atoms with Gasteiger partial charge in [-0.2, -0.15) is 0 Å². The molecule has 10 N–H and O–H groups in total. The van der Waals surface area contributed by atoms with Gasteiger partial charge in [0.05, 0.1) is 64.7 Å². The average molecular weight is 1330 g/mol. The number of nitrogens with zero attached hydrogens (tertiary/aromatic N) is 6. The zero-order valence-electron chi connectivity index (χ0n) is 47.2. The van der Waals surface area contributed by atoms with Crippen LogP contribution in [0.1, 0.15) is 33.5 Å². The molecule has 27 heteroatoms. The molecule has 0 saturated carbocycles. The number of hydrogen-bond donors (Lipinski definition) is 10. The Hall–Kier alpha value is -6.43. The van der Waals surface area contributed by atoms with Crippen LogP contribution in [0.2, 0.25) is 0 Å². The minimum Gasteiger partial charge on any atom is -0.480 e. The van der Waals surface area contributed by atoms with E-state index in [1.807, 2.05) is 35.2 Å². The Bertz CT molecular complexity index is 2890. The van der Waals surface area contributed by atoms with E-state index in [2.05, 4.69) is 60.8 Å². The molecule has 1 atom stereocenters. The maximum atomic E-state index is 13.4. The van der Waals surface area contributed by atoms with E-state index in [4.69, 9.17) is 14.2 Å². The summed E-state index contributed by atoms with van der Waals surface area (Å²) in [7, 11) is 1.74. The third kappa shape index (κ3) is 24.7. The number of carbonyl (C=O) groups is 6. The molecule has 26 nitrogen and oxygen atoms in total. The zero-order valence-corrected chi connectivity index (χ0v) is 48.8. The van der Waals surface area contributed by atoms with Gasteiger partial charge in [-0.15, -0.1) is 0 Å². The number of aryl methyl sites for hydroxylation is 1. The first kappa shape index (κ1) is 68.4. The molecular formula is C57H78LuN12O14. The number of rotatable bonds is 34. The summed E-state index contributed by atoms with van der Waals surface area (Å²) in [5.41, 5.74) is 5.04. The average Bonchev–Trinajstić information content (AvgIpc) is 2.68. The van der Waals surface area contributed by atoms with Crippen LogP contribution in [0.5, 0.6) is 0 Å². The fourth-order valence-electron chi connectivity index (χ4n) is 9.14. The first-order chi connectivity index (χ1) is 40.1. The van der Waals surface area contributed by atoms with Gasteiger partial charge >= 0.3 is 23.9 Å². The molecule has 2 aromatic heterocycles. The summed E-state index contributed by atoms with van der Waals surface area (Å²) in [5.74, 6) is -4.50. The number of pyridine rings is 1. The predicted octanol–water partition coefficient (Wildman–Crippen LogP) is 0.635. The summed E-state index contributed by atoms with van der Waals surface area (Å²) >= 11 is 0. The molecule has 5 aromatic rings. The molecule has 1 aliphatic heterocycles. The quantitative estimate of drug-likeness (QED) is 0.0253. The molecule has 1 aliphatic rings. The van der Waals surface area contributed by atoms with Crippen LogP contribution in [0.25, 0.3) is 22.0 Å². The van der Waals surface area contributed by atoms with E-state index in [1.54, 1.807) is 50.8 Å². The predicted molar refractivity (Wildman–Crippen MR) is 308 cm³/mol. The number of carboxylic acids is 4. The van der Waals surface area contributed by atoms with Crippen molar-refractivity contribution in [3.63, 3.8) is 0 Å². The number of aromatic nitrogens is 3. The van der Waals surface area contributed by atoms with Crippen LogP contribution in [0.3, 0.4) is 0 Å². The third-order valence-corrected chi connectivity index (χ3v) is 13.7. The smallest absolute Gasteiger partial charge is 0.322 e. The Kier molecular flexibility index (Phi) is 30.2. The van der Waals surface area contributed by atoms with E-state index in [-0.39, 0.29) is 114 Å². The molecule has 0 bridgehead atoms. The molecule has 0 unspecified atom stereocenters. The minimum atomic E-state index is -1.14. The van der Waals surface area contributed by atoms with Gasteiger partial charge in [0, 0.05) is 160 Å². The molecular weight excluding hydrogens is 1250 g/mol. The summed E-state index contributed by atoms with van der Waals surface area (Å²) in [6, 6.07) is 20.3.